The van der Waals surface area contributed by atoms with Gasteiger partial charge in [-0.15, -0.1) is 24.0 Å². The average Bonchev–Trinajstić information content (AvgIpc) is 3.02. The second-order valence-electron chi connectivity index (χ2n) is 8.00. The molecule has 0 bridgehead atoms. The Labute approximate surface area is 172 Å². The lowest BCUT2D eigenvalue weighted by Gasteiger charge is -2.35. The summed E-state index contributed by atoms with van der Waals surface area (Å²) in [6, 6.07) is 0. The van der Waals surface area contributed by atoms with E-state index in [1.165, 1.54) is 45.3 Å². The van der Waals surface area contributed by atoms with Gasteiger partial charge in [-0.2, -0.15) is 0 Å². The number of aliphatic imine (C=N–C) groups is 1. The summed E-state index contributed by atoms with van der Waals surface area (Å²) in [6.07, 6.45) is 5.04. The molecule has 2 rings (SSSR count). The predicted octanol–water partition coefficient (Wildman–Crippen LogP) is 2.91. The summed E-state index contributed by atoms with van der Waals surface area (Å²) in [5.74, 6) is 3.39. The summed E-state index contributed by atoms with van der Waals surface area (Å²) in [5, 5.41) is 3.52. The minimum Gasteiger partial charge on any atom is -0.381 e. The third-order valence-corrected chi connectivity index (χ3v) is 5.26. The summed E-state index contributed by atoms with van der Waals surface area (Å²) < 4.78 is 5.47. The van der Waals surface area contributed by atoms with Crippen molar-refractivity contribution in [3.05, 3.63) is 0 Å². The zero-order valence-corrected chi connectivity index (χ0v) is 19.0. The van der Waals surface area contributed by atoms with Gasteiger partial charge in [-0.25, -0.2) is 0 Å². The quantitative estimate of drug-likeness (QED) is 0.271. The largest absolute Gasteiger partial charge is 0.381 e. The lowest BCUT2D eigenvalue weighted by molar-refractivity contribution is 0.139. The summed E-state index contributed by atoms with van der Waals surface area (Å²) in [5.41, 5.74) is 0. The fourth-order valence-electron chi connectivity index (χ4n) is 4.22. The summed E-state index contributed by atoms with van der Waals surface area (Å²) >= 11 is 0. The van der Waals surface area contributed by atoms with Crippen molar-refractivity contribution in [2.45, 2.75) is 39.5 Å². The predicted molar refractivity (Wildman–Crippen MR) is 117 cm³/mol. The third-order valence-electron chi connectivity index (χ3n) is 5.26. The zero-order chi connectivity index (χ0) is 17.4. The first-order valence-corrected chi connectivity index (χ1v) is 9.80. The molecule has 3 atom stereocenters. The van der Waals surface area contributed by atoms with Crippen LogP contribution in [0.4, 0.5) is 0 Å². The zero-order valence-electron chi connectivity index (χ0n) is 16.7. The molecule has 0 radical (unpaired) electrons. The van der Waals surface area contributed by atoms with E-state index in [0.29, 0.717) is 5.92 Å². The Bertz CT molecular complexity index is 378. The Hall–Kier alpha value is -0.0800. The number of guanidine groups is 1. The standard InChI is InChI=1S/C19H38N4O.HI/c1-16-11-17(2)13-23(12-16)9-6-5-8-21-19(20-3)22(4)14-18-7-10-24-15-18;/h16-18H,5-15H2,1-4H3,(H,20,21);1H. The van der Waals surface area contributed by atoms with Crippen molar-refractivity contribution >= 4 is 29.9 Å². The fourth-order valence-corrected chi connectivity index (χ4v) is 4.22. The normalized spacial score (nSPS) is 27.8. The summed E-state index contributed by atoms with van der Waals surface area (Å²) in [4.78, 5) is 9.31. The monoisotopic (exact) mass is 466 g/mol. The first kappa shape index (κ1) is 23.0. The van der Waals surface area contributed by atoms with Crippen LogP contribution < -0.4 is 5.32 Å². The SMILES string of the molecule is CN=C(NCCCCN1CC(C)CC(C)C1)N(C)CC1CCOC1.I. The van der Waals surface area contributed by atoms with Gasteiger partial charge in [0.05, 0.1) is 6.61 Å². The number of rotatable bonds is 7. The van der Waals surface area contributed by atoms with Crippen LogP contribution in [0.1, 0.15) is 39.5 Å². The van der Waals surface area contributed by atoms with Gasteiger partial charge in [0.15, 0.2) is 5.96 Å². The second kappa shape index (κ2) is 12.3. The van der Waals surface area contributed by atoms with E-state index in [-0.39, 0.29) is 24.0 Å². The molecule has 2 saturated heterocycles. The van der Waals surface area contributed by atoms with Gasteiger partial charge in [-0.05, 0) is 44.1 Å². The van der Waals surface area contributed by atoms with Crippen LogP contribution in [0.15, 0.2) is 4.99 Å². The van der Waals surface area contributed by atoms with Crippen molar-refractivity contribution in [3.63, 3.8) is 0 Å². The van der Waals surface area contributed by atoms with Gasteiger partial charge >= 0.3 is 0 Å². The van der Waals surface area contributed by atoms with Gasteiger partial charge in [0.25, 0.3) is 0 Å². The molecule has 0 aliphatic carbocycles. The molecule has 0 spiro atoms. The molecule has 2 heterocycles. The van der Waals surface area contributed by atoms with E-state index >= 15 is 0 Å². The van der Waals surface area contributed by atoms with Crippen LogP contribution in [0.3, 0.4) is 0 Å². The van der Waals surface area contributed by atoms with Gasteiger partial charge in [-0.1, -0.05) is 13.8 Å². The van der Waals surface area contributed by atoms with Crippen LogP contribution >= 0.6 is 24.0 Å². The van der Waals surface area contributed by atoms with Gasteiger partial charge in [0, 0.05) is 52.8 Å². The van der Waals surface area contributed by atoms with Gasteiger partial charge in [0.2, 0.25) is 0 Å². The molecule has 0 saturated carbocycles. The Kier molecular flexibility index (Phi) is 11.3. The van der Waals surface area contributed by atoms with Crippen molar-refractivity contribution in [1.82, 2.24) is 15.1 Å². The van der Waals surface area contributed by atoms with Crippen molar-refractivity contribution in [2.24, 2.45) is 22.7 Å². The third kappa shape index (κ3) is 8.43. The number of halogens is 1. The molecule has 5 nitrogen and oxygen atoms in total. The average molecular weight is 466 g/mol. The highest BCUT2D eigenvalue weighted by Gasteiger charge is 2.21. The molecule has 2 fully saturated rings. The second-order valence-corrected chi connectivity index (χ2v) is 8.00. The van der Waals surface area contributed by atoms with Gasteiger partial charge in [-0.3, -0.25) is 4.99 Å². The maximum absolute atomic E-state index is 5.47. The molecule has 0 aromatic heterocycles. The minimum absolute atomic E-state index is 0. The maximum Gasteiger partial charge on any atom is 0.193 e. The highest BCUT2D eigenvalue weighted by atomic mass is 127. The van der Waals surface area contributed by atoms with Crippen molar-refractivity contribution < 1.29 is 4.74 Å². The van der Waals surface area contributed by atoms with Crippen LogP contribution in [0.5, 0.6) is 0 Å². The number of nitrogens with one attached hydrogen (secondary N) is 1. The Morgan fingerprint density at radius 3 is 2.56 bits per heavy atom. The van der Waals surface area contributed by atoms with Crippen LogP contribution in [-0.2, 0) is 4.74 Å². The number of hydrogen-bond donors (Lipinski definition) is 1. The van der Waals surface area contributed by atoms with Gasteiger partial charge < -0.3 is 19.9 Å². The first-order chi connectivity index (χ1) is 11.6. The van der Waals surface area contributed by atoms with E-state index in [9.17, 15) is 0 Å². The van der Waals surface area contributed by atoms with Crippen LogP contribution in [0.2, 0.25) is 0 Å². The van der Waals surface area contributed by atoms with E-state index in [2.05, 4.69) is 41.0 Å². The molecule has 25 heavy (non-hydrogen) atoms. The Balaban J connectivity index is 0.00000312. The Morgan fingerprint density at radius 2 is 1.96 bits per heavy atom. The molecular formula is C19H39IN4O. The molecule has 6 heteroatoms. The topological polar surface area (TPSA) is 40.1 Å². The molecule has 1 N–H and O–H groups in total. The first-order valence-electron chi connectivity index (χ1n) is 9.80. The molecule has 2 aliphatic rings. The molecule has 3 unspecified atom stereocenters. The number of unbranched alkanes of at least 4 members (excludes halogenated alkanes) is 1. The van der Waals surface area contributed by atoms with Crippen molar-refractivity contribution in [1.29, 1.82) is 0 Å². The number of piperidine rings is 1. The highest BCUT2D eigenvalue weighted by molar-refractivity contribution is 14.0. The van der Waals surface area contributed by atoms with Crippen LogP contribution in [0, 0.1) is 17.8 Å². The number of nitrogens with zero attached hydrogens (tertiary/aromatic N) is 3. The molecule has 0 aromatic carbocycles. The van der Waals surface area contributed by atoms with E-state index in [1.807, 2.05) is 7.05 Å². The molecule has 0 amide bonds. The molecule has 148 valence electrons. The van der Waals surface area contributed by atoms with Crippen LogP contribution in [-0.4, -0.2) is 75.8 Å². The minimum atomic E-state index is 0. The van der Waals surface area contributed by atoms with E-state index in [0.717, 1.165) is 44.1 Å². The van der Waals surface area contributed by atoms with Gasteiger partial charge in [0.1, 0.15) is 0 Å². The van der Waals surface area contributed by atoms with Crippen molar-refractivity contribution in [2.75, 3.05) is 60.0 Å². The molecule has 0 aromatic rings. The van der Waals surface area contributed by atoms with Crippen molar-refractivity contribution in [3.8, 4) is 0 Å². The summed E-state index contributed by atoms with van der Waals surface area (Å²) in [7, 11) is 4.00. The smallest absolute Gasteiger partial charge is 0.193 e. The lowest BCUT2D eigenvalue weighted by Crippen LogP contribution is -2.42. The number of ether oxygens (including phenoxy) is 1. The highest BCUT2D eigenvalue weighted by Crippen LogP contribution is 2.21. The van der Waals surface area contributed by atoms with Crippen LogP contribution in [0.25, 0.3) is 0 Å². The Morgan fingerprint density at radius 1 is 1.24 bits per heavy atom. The van der Waals surface area contributed by atoms with E-state index in [1.54, 1.807) is 0 Å². The molecular weight excluding hydrogens is 427 g/mol. The maximum atomic E-state index is 5.47. The number of likely N-dealkylation sites (tertiary alicyclic amines) is 1. The fraction of sp³-hybridized carbons (Fsp3) is 0.947. The summed E-state index contributed by atoms with van der Waals surface area (Å²) in [6.45, 7) is 12.4. The van der Waals surface area contributed by atoms with E-state index in [4.69, 9.17) is 4.74 Å². The lowest BCUT2D eigenvalue weighted by atomic mass is 9.92. The van der Waals surface area contributed by atoms with E-state index < -0.39 is 0 Å². The molecule has 2 aliphatic heterocycles. The number of hydrogen-bond acceptors (Lipinski definition) is 3.